The molecule has 1 atom stereocenters. The van der Waals surface area contributed by atoms with Crippen molar-refractivity contribution in [2.24, 2.45) is 11.7 Å². The summed E-state index contributed by atoms with van der Waals surface area (Å²) >= 11 is 4.90. The summed E-state index contributed by atoms with van der Waals surface area (Å²) in [4.78, 5) is 0.575. The first-order valence-corrected chi connectivity index (χ1v) is 5.56. The van der Waals surface area contributed by atoms with E-state index in [1.807, 2.05) is 6.92 Å². The summed E-state index contributed by atoms with van der Waals surface area (Å²) in [5, 5.41) is 3.33. The van der Waals surface area contributed by atoms with E-state index in [0.717, 1.165) is 13.1 Å². The molecule has 1 aromatic carbocycles. The second kappa shape index (κ2) is 5.83. The minimum absolute atomic E-state index is 0.255. The Morgan fingerprint density at radius 3 is 2.53 bits per heavy atom. The van der Waals surface area contributed by atoms with Gasteiger partial charge in [-0.25, -0.2) is 0 Å². The molecule has 0 amide bonds. The predicted octanol–water partition coefficient (Wildman–Crippen LogP) is 2.01. The Hall–Kier alpha value is -0.930. The topological polar surface area (TPSA) is 38.0 Å². The molecule has 3 N–H and O–H groups in total. The van der Waals surface area contributed by atoms with Gasteiger partial charge in [0, 0.05) is 19.0 Å². The van der Waals surface area contributed by atoms with Crippen molar-refractivity contribution < 1.29 is 0 Å². The van der Waals surface area contributed by atoms with E-state index >= 15 is 0 Å². The highest BCUT2D eigenvalue weighted by molar-refractivity contribution is 7.80. The van der Waals surface area contributed by atoms with Crippen molar-refractivity contribution >= 4 is 17.2 Å². The number of nitrogens with one attached hydrogen (secondary N) is 1. The average molecular weight is 222 g/mol. The fraction of sp³-hybridized carbons (Fsp3) is 0.417. The minimum Gasteiger partial charge on any atom is -0.393 e. The Balaban J connectivity index is 2.32. The molecule has 0 aliphatic carbocycles. The van der Waals surface area contributed by atoms with E-state index in [2.05, 4.69) is 36.5 Å². The van der Waals surface area contributed by atoms with Gasteiger partial charge in [-0.1, -0.05) is 49.0 Å². The molecule has 3 heteroatoms. The maximum Gasteiger partial charge on any atom is 0.0768 e. The van der Waals surface area contributed by atoms with Crippen molar-refractivity contribution in [2.45, 2.75) is 20.4 Å². The Bertz CT molecular complexity index is 319. The summed E-state index contributed by atoms with van der Waals surface area (Å²) < 4.78 is 0. The van der Waals surface area contributed by atoms with Crippen LogP contribution in [0, 0.1) is 12.8 Å². The summed E-state index contributed by atoms with van der Waals surface area (Å²) in [6, 6.07) is 8.50. The molecular formula is C12H18N2S. The smallest absolute Gasteiger partial charge is 0.0768 e. The highest BCUT2D eigenvalue weighted by atomic mass is 32.1. The minimum atomic E-state index is 0.255. The third kappa shape index (κ3) is 4.40. The van der Waals surface area contributed by atoms with Crippen LogP contribution >= 0.6 is 12.2 Å². The van der Waals surface area contributed by atoms with Crippen molar-refractivity contribution in [3.8, 4) is 0 Å². The molecule has 0 radical (unpaired) electrons. The van der Waals surface area contributed by atoms with Crippen LogP contribution in [-0.4, -0.2) is 11.5 Å². The van der Waals surface area contributed by atoms with E-state index in [9.17, 15) is 0 Å². The number of hydrogen-bond acceptors (Lipinski definition) is 2. The SMILES string of the molecule is Cc1ccc(CNCC(C)C(N)=S)cc1. The summed E-state index contributed by atoms with van der Waals surface area (Å²) in [5.41, 5.74) is 8.10. The van der Waals surface area contributed by atoms with Crippen molar-refractivity contribution in [3.63, 3.8) is 0 Å². The van der Waals surface area contributed by atoms with E-state index in [-0.39, 0.29) is 5.92 Å². The first-order valence-electron chi connectivity index (χ1n) is 5.15. The molecule has 1 aromatic rings. The lowest BCUT2D eigenvalue weighted by atomic mass is 10.1. The molecule has 0 saturated heterocycles. The molecule has 0 saturated carbocycles. The number of nitrogens with two attached hydrogens (primary N) is 1. The zero-order chi connectivity index (χ0) is 11.3. The molecule has 2 nitrogen and oxygen atoms in total. The highest BCUT2D eigenvalue weighted by Gasteiger charge is 2.03. The lowest BCUT2D eigenvalue weighted by Gasteiger charge is -2.10. The molecule has 82 valence electrons. The highest BCUT2D eigenvalue weighted by Crippen LogP contribution is 2.02. The molecular weight excluding hydrogens is 204 g/mol. The van der Waals surface area contributed by atoms with Gasteiger partial charge in [0.2, 0.25) is 0 Å². The Labute approximate surface area is 96.9 Å². The van der Waals surface area contributed by atoms with E-state index in [1.165, 1.54) is 11.1 Å². The van der Waals surface area contributed by atoms with Crippen LogP contribution in [0.1, 0.15) is 18.1 Å². The zero-order valence-electron chi connectivity index (χ0n) is 9.29. The average Bonchev–Trinajstić information content (AvgIpc) is 2.20. The van der Waals surface area contributed by atoms with E-state index in [1.54, 1.807) is 0 Å². The largest absolute Gasteiger partial charge is 0.393 e. The fourth-order valence-electron chi connectivity index (χ4n) is 1.24. The molecule has 0 spiro atoms. The monoisotopic (exact) mass is 222 g/mol. The predicted molar refractivity (Wildman–Crippen MR) is 68.8 cm³/mol. The van der Waals surface area contributed by atoms with Crippen molar-refractivity contribution in [1.82, 2.24) is 5.32 Å². The van der Waals surface area contributed by atoms with Gasteiger partial charge in [-0.2, -0.15) is 0 Å². The van der Waals surface area contributed by atoms with Gasteiger partial charge in [-0.15, -0.1) is 0 Å². The van der Waals surface area contributed by atoms with Crippen LogP contribution in [0.5, 0.6) is 0 Å². The maximum absolute atomic E-state index is 5.53. The van der Waals surface area contributed by atoms with Gasteiger partial charge in [-0.3, -0.25) is 0 Å². The molecule has 0 fully saturated rings. The normalized spacial score (nSPS) is 12.4. The first-order chi connectivity index (χ1) is 7.09. The van der Waals surface area contributed by atoms with Gasteiger partial charge in [0.25, 0.3) is 0 Å². The van der Waals surface area contributed by atoms with Crippen molar-refractivity contribution in [1.29, 1.82) is 0 Å². The van der Waals surface area contributed by atoms with Gasteiger partial charge >= 0.3 is 0 Å². The Morgan fingerprint density at radius 2 is 2.00 bits per heavy atom. The van der Waals surface area contributed by atoms with E-state index in [4.69, 9.17) is 18.0 Å². The molecule has 0 heterocycles. The van der Waals surface area contributed by atoms with Crippen LogP contribution in [0.2, 0.25) is 0 Å². The second-order valence-corrected chi connectivity index (χ2v) is 4.39. The first kappa shape index (κ1) is 12.1. The molecule has 1 unspecified atom stereocenters. The van der Waals surface area contributed by atoms with Crippen molar-refractivity contribution in [2.75, 3.05) is 6.54 Å². The maximum atomic E-state index is 5.53. The third-order valence-corrected chi connectivity index (χ3v) is 2.79. The standard InChI is InChI=1S/C12H18N2S/c1-9-3-5-11(6-4-9)8-14-7-10(2)12(13)15/h3-6,10,14H,7-8H2,1-2H3,(H2,13,15). The lowest BCUT2D eigenvalue weighted by Crippen LogP contribution is -2.29. The van der Waals surface area contributed by atoms with E-state index in [0.29, 0.717) is 4.99 Å². The van der Waals surface area contributed by atoms with Crippen LogP contribution in [0.3, 0.4) is 0 Å². The molecule has 15 heavy (non-hydrogen) atoms. The third-order valence-electron chi connectivity index (χ3n) is 2.39. The number of benzene rings is 1. The van der Waals surface area contributed by atoms with Crippen LogP contribution in [0.4, 0.5) is 0 Å². The van der Waals surface area contributed by atoms with Crippen LogP contribution in [0.15, 0.2) is 24.3 Å². The molecule has 0 aromatic heterocycles. The summed E-state index contributed by atoms with van der Waals surface area (Å²) in [7, 11) is 0. The van der Waals surface area contributed by atoms with Gasteiger partial charge in [-0.05, 0) is 12.5 Å². The lowest BCUT2D eigenvalue weighted by molar-refractivity contribution is 0.617. The fourth-order valence-corrected chi connectivity index (χ4v) is 1.32. The number of thiocarbonyl (C=S) groups is 1. The summed E-state index contributed by atoms with van der Waals surface area (Å²) in [6.45, 7) is 5.83. The summed E-state index contributed by atoms with van der Waals surface area (Å²) in [5.74, 6) is 0.255. The van der Waals surface area contributed by atoms with Gasteiger partial charge in [0.15, 0.2) is 0 Å². The zero-order valence-corrected chi connectivity index (χ0v) is 10.1. The number of hydrogen-bond donors (Lipinski definition) is 2. The molecule has 0 aliphatic heterocycles. The van der Waals surface area contributed by atoms with Crippen molar-refractivity contribution in [3.05, 3.63) is 35.4 Å². The number of rotatable bonds is 5. The molecule has 1 rings (SSSR count). The number of aryl methyl sites for hydroxylation is 1. The van der Waals surface area contributed by atoms with Crippen LogP contribution < -0.4 is 11.1 Å². The van der Waals surface area contributed by atoms with Gasteiger partial charge < -0.3 is 11.1 Å². The molecule has 0 aliphatic rings. The Kier molecular flexibility index (Phi) is 4.72. The van der Waals surface area contributed by atoms with Gasteiger partial charge in [0.1, 0.15) is 0 Å². The second-order valence-electron chi connectivity index (χ2n) is 3.92. The van der Waals surface area contributed by atoms with E-state index < -0.39 is 0 Å². The van der Waals surface area contributed by atoms with Crippen LogP contribution in [0.25, 0.3) is 0 Å². The quantitative estimate of drug-likeness (QED) is 0.748. The van der Waals surface area contributed by atoms with Crippen LogP contribution in [-0.2, 0) is 6.54 Å². The Morgan fingerprint density at radius 1 is 1.40 bits per heavy atom. The molecule has 0 bridgehead atoms. The van der Waals surface area contributed by atoms with Gasteiger partial charge in [0.05, 0.1) is 4.99 Å². The summed E-state index contributed by atoms with van der Waals surface area (Å²) in [6.07, 6.45) is 0.